The first kappa shape index (κ1) is 24.1. The summed E-state index contributed by atoms with van der Waals surface area (Å²) in [5, 5.41) is 11.3. The lowest BCUT2D eigenvalue weighted by atomic mass is 9.94. The van der Waals surface area contributed by atoms with Gasteiger partial charge in [-0.3, -0.25) is 14.5 Å². The van der Waals surface area contributed by atoms with Crippen LogP contribution >= 0.6 is 0 Å². The third-order valence-corrected chi connectivity index (χ3v) is 5.80. The van der Waals surface area contributed by atoms with Gasteiger partial charge in [-0.25, -0.2) is 0 Å². The minimum atomic E-state index is -0.817. The highest BCUT2D eigenvalue weighted by molar-refractivity contribution is 6.51. The van der Waals surface area contributed by atoms with Crippen molar-refractivity contribution in [2.45, 2.75) is 39.8 Å². The van der Waals surface area contributed by atoms with Gasteiger partial charge in [0.05, 0.1) is 24.3 Å². The Morgan fingerprint density at radius 2 is 1.69 bits per heavy atom. The zero-order valence-electron chi connectivity index (χ0n) is 20.3. The molecule has 6 nitrogen and oxygen atoms in total. The average molecular weight is 472 g/mol. The molecule has 1 heterocycles. The van der Waals surface area contributed by atoms with Crippen LogP contribution in [0.1, 0.15) is 43.5 Å². The maximum absolute atomic E-state index is 13.4. The highest BCUT2D eigenvalue weighted by atomic mass is 16.5. The van der Waals surface area contributed by atoms with Gasteiger partial charge >= 0.3 is 0 Å². The molecule has 1 saturated heterocycles. The molecule has 0 bridgehead atoms. The van der Waals surface area contributed by atoms with Crippen LogP contribution in [0.2, 0.25) is 0 Å². The third kappa shape index (κ3) is 4.78. The number of amides is 1. The Hall–Kier alpha value is -4.06. The maximum Gasteiger partial charge on any atom is 0.300 e. The Morgan fingerprint density at radius 1 is 0.971 bits per heavy atom. The number of carbonyl (C=O) groups excluding carboxylic acids is 2. The molecule has 1 aliphatic heterocycles. The predicted octanol–water partition coefficient (Wildman–Crippen LogP) is 5.81. The van der Waals surface area contributed by atoms with E-state index in [0.717, 1.165) is 5.56 Å². The Kier molecular flexibility index (Phi) is 6.92. The SMILES string of the molecule is CCOc1cccc(C2/C(=C(/O)c3ccc(OC(C)C)cc3)C(=O)C(=O)N2c2ccccc2C)c1. The number of hydrogen-bond acceptors (Lipinski definition) is 5. The zero-order valence-corrected chi connectivity index (χ0v) is 20.3. The van der Waals surface area contributed by atoms with E-state index in [1.165, 1.54) is 4.90 Å². The summed E-state index contributed by atoms with van der Waals surface area (Å²) in [6, 6.07) is 20.7. The number of anilines is 1. The molecule has 0 aliphatic carbocycles. The normalized spacial score (nSPS) is 17.2. The second-order valence-corrected chi connectivity index (χ2v) is 8.65. The number of rotatable bonds is 7. The summed E-state index contributed by atoms with van der Waals surface area (Å²) in [7, 11) is 0. The van der Waals surface area contributed by atoms with E-state index < -0.39 is 17.7 Å². The predicted molar refractivity (Wildman–Crippen MR) is 136 cm³/mol. The summed E-state index contributed by atoms with van der Waals surface area (Å²) in [5.41, 5.74) is 2.58. The minimum Gasteiger partial charge on any atom is -0.507 e. The number of aryl methyl sites for hydroxylation is 1. The van der Waals surface area contributed by atoms with Gasteiger partial charge in [-0.1, -0.05) is 30.3 Å². The molecule has 6 heteroatoms. The molecule has 0 saturated carbocycles. The van der Waals surface area contributed by atoms with Crippen LogP contribution < -0.4 is 14.4 Å². The van der Waals surface area contributed by atoms with Gasteiger partial charge in [0.2, 0.25) is 0 Å². The average Bonchev–Trinajstić information content (AvgIpc) is 3.10. The molecule has 4 rings (SSSR count). The standard InChI is InChI=1S/C29H29NO5/c1-5-34-23-11-8-10-21(17-23)26-25(27(31)20-13-15-22(16-14-20)35-18(2)3)28(32)29(33)30(26)24-12-7-6-9-19(24)4/h6-18,26,31H,5H2,1-4H3/b27-25-. The van der Waals surface area contributed by atoms with Crippen LogP contribution in [0, 0.1) is 6.92 Å². The summed E-state index contributed by atoms with van der Waals surface area (Å²) in [6.45, 7) is 8.11. The lowest BCUT2D eigenvalue weighted by molar-refractivity contribution is -0.132. The van der Waals surface area contributed by atoms with Crippen molar-refractivity contribution in [2.75, 3.05) is 11.5 Å². The van der Waals surface area contributed by atoms with Crippen LogP contribution in [0.3, 0.4) is 0 Å². The summed E-state index contributed by atoms with van der Waals surface area (Å²) < 4.78 is 11.4. The first-order chi connectivity index (χ1) is 16.8. The number of aliphatic hydroxyl groups is 1. The summed E-state index contributed by atoms with van der Waals surface area (Å²) in [5.74, 6) is -0.386. The first-order valence-corrected chi connectivity index (χ1v) is 11.7. The van der Waals surface area contributed by atoms with Crippen molar-refractivity contribution in [2.24, 2.45) is 0 Å². The number of aliphatic hydroxyl groups excluding tert-OH is 1. The topological polar surface area (TPSA) is 76.1 Å². The Labute approximate surface area is 205 Å². The van der Waals surface area contributed by atoms with Crippen molar-refractivity contribution in [1.82, 2.24) is 0 Å². The number of nitrogens with zero attached hydrogens (tertiary/aromatic N) is 1. The molecular formula is C29H29NO5. The second-order valence-electron chi connectivity index (χ2n) is 8.65. The number of carbonyl (C=O) groups is 2. The number of para-hydroxylation sites is 1. The van der Waals surface area contributed by atoms with E-state index in [0.29, 0.717) is 34.9 Å². The molecule has 180 valence electrons. The molecule has 0 aromatic heterocycles. The summed E-state index contributed by atoms with van der Waals surface area (Å²) in [4.78, 5) is 28.2. The van der Waals surface area contributed by atoms with E-state index in [4.69, 9.17) is 9.47 Å². The minimum absolute atomic E-state index is 0.00602. The van der Waals surface area contributed by atoms with Crippen LogP contribution in [0.5, 0.6) is 11.5 Å². The molecular weight excluding hydrogens is 442 g/mol. The monoisotopic (exact) mass is 471 g/mol. The van der Waals surface area contributed by atoms with Crippen LogP contribution in [-0.2, 0) is 9.59 Å². The van der Waals surface area contributed by atoms with E-state index >= 15 is 0 Å². The summed E-state index contributed by atoms with van der Waals surface area (Å²) >= 11 is 0. The molecule has 1 unspecified atom stereocenters. The summed E-state index contributed by atoms with van der Waals surface area (Å²) in [6.07, 6.45) is 0.00602. The van der Waals surface area contributed by atoms with Gasteiger partial charge in [0.25, 0.3) is 11.7 Å². The van der Waals surface area contributed by atoms with Gasteiger partial charge in [0.15, 0.2) is 0 Å². The van der Waals surface area contributed by atoms with E-state index in [1.807, 2.05) is 64.1 Å². The molecule has 3 aromatic carbocycles. The molecule has 3 aromatic rings. The van der Waals surface area contributed by atoms with E-state index in [2.05, 4.69) is 0 Å². The van der Waals surface area contributed by atoms with Crippen LogP contribution in [0.25, 0.3) is 5.76 Å². The highest BCUT2D eigenvalue weighted by Gasteiger charge is 2.47. The zero-order chi connectivity index (χ0) is 25.1. The number of hydrogen-bond donors (Lipinski definition) is 1. The smallest absolute Gasteiger partial charge is 0.300 e. The lowest BCUT2D eigenvalue weighted by Gasteiger charge is -2.27. The first-order valence-electron chi connectivity index (χ1n) is 11.7. The van der Waals surface area contributed by atoms with E-state index in [1.54, 1.807) is 36.4 Å². The fraction of sp³-hybridized carbons (Fsp3) is 0.241. The van der Waals surface area contributed by atoms with Gasteiger partial charge in [-0.05, 0) is 81.3 Å². The number of benzene rings is 3. The van der Waals surface area contributed by atoms with Crippen molar-refractivity contribution in [3.63, 3.8) is 0 Å². The second kappa shape index (κ2) is 10.1. The van der Waals surface area contributed by atoms with Gasteiger partial charge in [-0.2, -0.15) is 0 Å². The Morgan fingerprint density at radius 3 is 2.34 bits per heavy atom. The van der Waals surface area contributed by atoms with E-state index in [9.17, 15) is 14.7 Å². The number of ketones is 1. The quantitative estimate of drug-likeness (QED) is 0.267. The van der Waals surface area contributed by atoms with Gasteiger partial charge in [0, 0.05) is 11.3 Å². The van der Waals surface area contributed by atoms with Crippen LogP contribution in [0.4, 0.5) is 5.69 Å². The molecule has 1 N–H and O–H groups in total. The molecule has 35 heavy (non-hydrogen) atoms. The molecule has 1 aliphatic rings. The van der Waals surface area contributed by atoms with Gasteiger partial charge < -0.3 is 14.6 Å². The van der Waals surface area contributed by atoms with Crippen molar-refractivity contribution in [1.29, 1.82) is 0 Å². The highest BCUT2D eigenvalue weighted by Crippen LogP contribution is 2.43. The Bertz CT molecular complexity index is 1280. The van der Waals surface area contributed by atoms with Crippen LogP contribution in [0.15, 0.2) is 78.4 Å². The number of Topliss-reactive ketones (excluding diaryl/α,β-unsaturated/α-hetero) is 1. The number of ether oxygens (including phenoxy) is 2. The Balaban J connectivity index is 1.89. The molecule has 0 spiro atoms. The van der Waals surface area contributed by atoms with Crippen molar-refractivity contribution in [3.05, 3.63) is 95.1 Å². The van der Waals surface area contributed by atoms with Crippen molar-refractivity contribution < 1.29 is 24.2 Å². The molecule has 0 radical (unpaired) electrons. The fourth-order valence-electron chi connectivity index (χ4n) is 4.29. The molecule has 1 fully saturated rings. The van der Waals surface area contributed by atoms with Crippen LogP contribution in [-0.4, -0.2) is 29.5 Å². The van der Waals surface area contributed by atoms with Gasteiger partial charge in [-0.15, -0.1) is 0 Å². The fourth-order valence-corrected chi connectivity index (χ4v) is 4.29. The third-order valence-electron chi connectivity index (χ3n) is 5.80. The van der Waals surface area contributed by atoms with Gasteiger partial charge in [0.1, 0.15) is 17.3 Å². The van der Waals surface area contributed by atoms with Crippen molar-refractivity contribution >= 4 is 23.1 Å². The molecule has 1 atom stereocenters. The van der Waals surface area contributed by atoms with E-state index in [-0.39, 0.29) is 17.4 Å². The largest absolute Gasteiger partial charge is 0.507 e. The molecule has 1 amide bonds. The van der Waals surface area contributed by atoms with Crippen molar-refractivity contribution in [3.8, 4) is 11.5 Å². The lowest BCUT2D eigenvalue weighted by Crippen LogP contribution is -2.30. The maximum atomic E-state index is 13.4.